The fourth-order valence-corrected chi connectivity index (χ4v) is 6.60. The van der Waals surface area contributed by atoms with Crippen molar-refractivity contribution < 1.29 is 42.8 Å². The Hall–Kier alpha value is -3.33. The third kappa shape index (κ3) is 5.43. The second-order valence-corrected chi connectivity index (χ2v) is 12.2. The number of anilines is 1. The smallest absolute Gasteiger partial charge is 0.459 e. The number of fused-ring (bicyclic) bond motifs is 2. The van der Waals surface area contributed by atoms with Gasteiger partial charge in [-0.05, 0) is 52.7 Å². The van der Waals surface area contributed by atoms with E-state index in [0.717, 1.165) is 0 Å². The van der Waals surface area contributed by atoms with Gasteiger partial charge >= 0.3 is 13.7 Å². The van der Waals surface area contributed by atoms with Crippen LogP contribution in [0.15, 0.2) is 36.7 Å². The van der Waals surface area contributed by atoms with Gasteiger partial charge in [-0.25, -0.2) is 9.55 Å². The summed E-state index contributed by atoms with van der Waals surface area (Å²) in [7, 11) is -4.27. The van der Waals surface area contributed by atoms with E-state index < -0.39 is 56.0 Å². The highest BCUT2D eigenvalue weighted by molar-refractivity contribution is 7.52. The Morgan fingerprint density at radius 1 is 1.26 bits per heavy atom. The molecule has 1 saturated carbocycles. The average Bonchev–Trinajstić information content (AvgIpc) is 3.40. The van der Waals surface area contributed by atoms with Crippen molar-refractivity contribution in [3.8, 4) is 11.6 Å². The number of hydrogen-bond acceptors (Lipinski definition) is 13. The molecule has 2 aliphatic rings. The number of esters is 1. The molecule has 1 aliphatic heterocycles. The highest BCUT2D eigenvalue weighted by atomic mass is 31.2. The first-order valence-corrected chi connectivity index (χ1v) is 15.1. The Kier molecular flexibility index (Phi) is 8.18. The normalized spacial score (nSPS) is 27.2. The van der Waals surface area contributed by atoms with Gasteiger partial charge in [0.15, 0.2) is 17.4 Å². The van der Waals surface area contributed by atoms with Gasteiger partial charge in [-0.15, -0.1) is 0 Å². The highest BCUT2D eigenvalue weighted by Gasteiger charge is 2.72. The molecule has 3 heterocycles. The van der Waals surface area contributed by atoms with E-state index in [4.69, 9.17) is 29.0 Å². The van der Waals surface area contributed by atoms with Gasteiger partial charge in [0.1, 0.15) is 29.1 Å². The van der Waals surface area contributed by atoms with Gasteiger partial charge in [-0.2, -0.15) is 15.1 Å². The SMILES string of the molecule is CCOc1nc(N)nc2c1ncn2[C@@H]1O[C@@]2(COP(=O)(N[C@H](C)C(=O)OC(C)C)Oc3ccccc3)CCC2(O)[C@H]1O. The number of rotatable bonds is 12. The summed E-state index contributed by atoms with van der Waals surface area (Å²) in [5.41, 5.74) is 3.16. The number of para-hydroxylation sites is 1. The number of aliphatic hydroxyl groups excluding tert-OH is 1. The average molecular weight is 607 g/mol. The van der Waals surface area contributed by atoms with Gasteiger partial charge in [-0.3, -0.25) is 13.9 Å². The number of aromatic nitrogens is 4. The van der Waals surface area contributed by atoms with Gasteiger partial charge < -0.3 is 34.7 Å². The van der Waals surface area contributed by atoms with Crippen molar-refractivity contribution in [1.29, 1.82) is 0 Å². The van der Waals surface area contributed by atoms with Crippen molar-refractivity contribution in [2.45, 2.75) is 76.2 Å². The number of nitrogens with two attached hydrogens (primary N) is 1. The van der Waals surface area contributed by atoms with E-state index in [-0.39, 0.29) is 36.1 Å². The van der Waals surface area contributed by atoms with Crippen molar-refractivity contribution in [2.24, 2.45) is 0 Å². The third-order valence-electron chi connectivity index (χ3n) is 7.26. The zero-order chi connectivity index (χ0) is 30.3. The number of imidazole rings is 1. The van der Waals surface area contributed by atoms with Crippen molar-refractivity contribution in [3.63, 3.8) is 0 Å². The maximum Gasteiger partial charge on any atom is 0.459 e. The van der Waals surface area contributed by atoms with Crippen molar-refractivity contribution >= 4 is 30.8 Å². The number of carbonyl (C=O) groups is 1. The standard InChI is InChI=1S/C26H35N6O9P/c1-5-37-21-18-20(29-24(27)30-21)32(14-28-18)22-19(33)26(35)12-11-25(26,40-22)13-38-42(36,41-17-9-7-6-8-10-17)31-16(4)23(34)39-15(2)3/h6-10,14-16,19,22,33,35H,5,11-13H2,1-4H3,(H,31,36)(H2,27,29,30)/t16-,19+,22-,25-,26?,42?/m1/s1. The Morgan fingerprint density at radius 2 is 2.00 bits per heavy atom. The number of nitrogen functional groups attached to an aromatic ring is 1. The molecular formula is C26H35N6O9P. The van der Waals surface area contributed by atoms with Gasteiger partial charge in [0.05, 0.1) is 25.6 Å². The summed E-state index contributed by atoms with van der Waals surface area (Å²) < 4.78 is 44.0. The summed E-state index contributed by atoms with van der Waals surface area (Å²) in [6, 6.07) is 7.21. The van der Waals surface area contributed by atoms with E-state index in [9.17, 15) is 19.6 Å². The van der Waals surface area contributed by atoms with E-state index >= 15 is 0 Å². The molecule has 6 atom stereocenters. The minimum Gasteiger partial charge on any atom is -0.476 e. The van der Waals surface area contributed by atoms with Crippen LogP contribution >= 0.6 is 7.75 Å². The fourth-order valence-electron chi connectivity index (χ4n) is 5.06. The summed E-state index contributed by atoms with van der Waals surface area (Å²) >= 11 is 0. The Morgan fingerprint density at radius 3 is 2.64 bits per heavy atom. The van der Waals surface area contributed by atoms with Crippen LogP contribution in [0.4, 0.5) is 5.95 Å². The largest absolute Gasteiger partial charge is 0.476 e. The number of nitrogens with one attached hydrogen (secondary N) is 1. The molecule has 5 N–H and O–H groups in total. The third-order valence-corrected chi connectivity index (χ3v) is 8.88. The molecule has 3 aromatic rings. The molecule has 1 aromatic carbocycles. The molecule has 2 aromatic heterocycles. The van der Waals surface area contributed by atoms with Gasteiger partial charge in [0.2, 0.25) is 11.8 Å². The van der Waals surface area contributed by atoms with Crippen molar-refractivity contribution in [2.75, 3.05) is 18.9 Å². The first kappa shape index (κ1) is 30.1. The minimum atomic E-state index is -4.27. The summed E-state index contributed by atoms with van der Waals surface area (Å²) in [5.74, 6) is -0.344. The lowest BCUT2D eigenvalue weighted by molar-refractivity contribution is -0.226. The van der Waals surface area contributed by atoms with Crippen LogP contribution in [-0.2, 0) is 23.4 Å². The van der Waals surface area contributed by atoms with E-state index in [1.165, 1.54) is 17.8 Å². The maximum atomic E-state index is 14.0. The predicted octanol–water partition coefficient (Wildman–Crippen LogP) is 2.09. The number of hydrogen-bond donors (Lipinski definition) is 4. The highest BCUT2D eigenvalue weighted by Crippen LogP contribution is 2.59. The van der Waals surface area contributed by atoms with E-state index in [1.54, 1.807) is 51.1 Å². The molecule has 0 radical (unpaired) electrons. The molecule has 2 unspecified atom stereocenters. The molecule has 2 fully saturated rings. The number of benzene rings is 1. The second kappa shape index (κ2) is 11.4. The molecule has 16 heteroatoms. The molecule has 1 aliphatic carbocycles. The van der Waals surface area contributed by atoms with E-state index in [0.29, 0.717) is 12.1 Å². The summed E-state index contributed by atoms with van der Waals surface area (Å²) in [4.78, 5) is 25.1. The number of aliphatic hydroxyl groups is 2. The van der Waals surface area contributed by atoms with E-state index in [2.05, 4.69) is 20.0 Å². The second-order valence-electron chi connectivity index (χ2n) is 10.5. The van der Waals surface area contributed by atoms with Gasteiger partial charge in [-0.1, -0.05) is 18.2 Å². The van der Waals surface area contributed by atoms with Gasteiger partial charge in [0.25, 0.3) is 0 Å². The molecule has 42 heavy (non-hydrogen) atoms. The van der Waals surface area contributed by atoms with Crippen LogP contribution in [0.3, 0.4) is 0 Å². The molecule has 0 bridgehead atoms. The van der Waals surface area contributed by atoms with Crippen LogP contribution in [0.1, 0.15) is 46.8 Å². The fraction of sp³-hybridized carbons (Fsp3) is 0.538. The van der Waals surface area contributed by atoms with E-state index in [1.807, 2.05) is 0 Å². The molecule has 1 saturated heterocycles. The Labute approximate surface area is 241 Å². The molecule has 228 valence electrons. The van der Waals surface area contributed by atoms with Crippen molar-refractivity contribution in [3.05, 3.63) is 36.7 Å². The van der Waals surface area contributed by atoms with Crippen LogP contribution in [0.25, 0.3) is 11.2 Å². The van der Waals surface area contributed by atoms with Crippen LogP contribution in [0, 0.1) is 0 Å². The maximum absolute atomic E-state index is 14.0. The number of ether oxygens (including phenoxy) is 3. The lowest BCUT2D eigenvalue weighted by Gasteiger charge is -2.50. The molecular weight excluding hydrogens is 571 g/mol. The van der Waals surface area contributed by atoms with Crippen LogP contribution < -0.4 is 20.1 Å². The lowest BCUT2D eigenvalue weighted by Crippen LogP contribution is -2.66. The number of carbonyl (C=O) groups excluding carboxylic acids is 1. The molecule has 5 rings (SSSR count). The monoisotopic (exact) mass is 606 g/mol. The minimum absolute atomic E-state index is 0.0740. The predicted molar refractivity (Wildman–Crippen MR) is 148 cm³/mol. The molecule has 15 nitrogen and oxygen atoms in total. The summed E-state index contributed by atoms with van der Waals surface area (Å²) in [5, 5.41) is 25.5. The first-order valence-electron chi connectivity index (χ1n) is 13.6. The van der Waals surface area contributed by atoms with Crippen LogP contribution in [0.2, 0.25) is 0 Å². The zero-order valence-corrected chi connectivity index (χ0v) is 24.6. The Balaban J connectivity index is 1.41. The molecule has 0 spiro atoms. The lowest BCUT2D eigenvalue weighted by atomic mass is 9.64. The van der Waals surface area contributed by atoms with Crippen LogP contribution in [0.5, 0.6) is 11.6 Å². The summed E-state index contributed by atoms with van der Waals surface area (Å²) in [6.07, 6.45) is -1.17. The topological polar surface area (TPSA) is 202 Å². The first-order chi connectivity index (χ1) is 19.9. The summed E-state index contributed by atoms with van der Waals surface area (Å²) in [6.45, 7) is 6.50. The van der Waals surface area contributed by atoms with Crippen molar-refractivity contribution in [1.82, 2.24) is 24.6 Å². The number of nitrogens with zero attached hydrogens (tertiary/aromatic N) is 4. The Bertz CT molecular complexity index is 1490. The molecule has 0 amide bonds. The quantitative estimate of drug-likeness (QED) is 0.172. The zero-order valence-electron chi connectivity index (χ0n) is 23.7. The van der Waals surface area contributed by atoms with Crippen LogP contribution in [-0.4, -0.2) is 78.4 Å². The van der Waals surface area contributed by atoms with Gasteiger partial charge in [0, 0.05) is 0 Å².